The van der Waals surface area contributed by atoms with E-state index in [1.807, 2.05) is 19.9 Å². The summed E-state index contributed by atoms with van der Waals surface area (Å²) >= 11 is 0. The van der Waals surface area contributed by atoms with Crippen molar-refractivity contribution in [2.45, 2.75) is 52.1 Å². The van der Waals surface area contributed by atoms with Gasteiger partial charge in [-0.3, -0.25) is 14.4 Å². The van der Waals surface area contributed by atoms with Gasteiger partial charge in [-0.15, -0.1) is 0 Å². The molecule has 222 valence electrons. The van der Waals surface area contributed by atoms with Crippen LogP contribution in [-0.2, 0) is 25.5 Å². The van der Waals surface area contributed by atoms with Crippen LogP contribution in [0.2, 0.25) is 0 Å². The number of amides is 2. The van der Waals surface area contributed by atoms with Gasteiger partial charge in [0.05, 0.1) is 46.7 Å². The smallest absolute Gasteiger partial charge is 0.328 e. The second-order valence-corrected chi connectivity index (χ2v) is 10.2. The first-order valence-electron chi connectivity index (χ1n) is 13.4. The van der Waals surface area contributed by atoms with Crippen molar-refractivity contribution in [1.82, 2.24) is 10.6 Å². The zero-order chi connectivity index (χ0) is 30.3. The van der Waals surface area contributed by atoms with Gasteiger partial charge >= 0.3 is 5.97 Å². The van der Waals surface area contributed by atoms with E-state index in [0.29, 0.717) is 47.6 Å². The number of nitrogens with one attached hydrogen (secondary N) is 3. The highest BCUT2D eigenvalue weighted by atomic mass is 16.5. The number of hydrogen-bond acceptors (Lipinski definition) is 9. The molecule has 2 atom stereocenters. The average Bonchev–Trinajstić information content (AvgIpc) is 3.17. The summed E-state index contributed by atoms with van der Waals surface area (Å²) in [7, 11) is 5.86. The Morgan fingerprint density at radius 3 is 2.29 bits per heavy atom. The molecule has 0 aliphatic heterocycles. The number of aryl methyl sites for hydroxylation is 1. The maximum Gasteiger partial charge on any atom is 0.328 e. The van der Waals surface area contributed by atoms with Crippen LogP contribution in [0, 0.1) is 5.92 Å². The van der Waals surface area contributed by atoms with Crippen LogP contribution in [-0.4, -0.2) is 58.8 Å². The molecule has 0 saturated carbocycles. The molecule has 1 aliphatic rings. The maximum atomic E-state index is 13.4. The van der Waals surface area contributed by atoms with Gasteiger partial charge in [0.2, 0.25) is 23.0 Å². The Hall–Kier alpha value is -4.28. The Balaban J connectivity index is 2.06. The van der Waals surface area contributed by atoms with Gasteiger partial charge in [0.25, 0.3) is 0 Å². The number of esters is 1. The Morgan fingerprint density at radius 2 is 1.71 bits per heavy atom. The molecule has 11 heteroatoms. The number of carbonyl (C=O) groups excluding carboxylic acids is 3. The van der Waals surface area contributed by atoms with Crippen LogP contribution in [0.25, 0.3) is 11.1 Å². The summed E-state index contributed by atoms with van der Waals surface area (Å²) in [5, 5.41) is 8.53. The molecule has 11 nitrogen and oxygen atoms in total. The Kier molecular flexibility index (Phi) is 10.6. The van der Waals surface area contributed by atoms with Gasteiger partial charge in [-0.2, -0.15) is 0 Å². The lowest BCUT2D eigenvalue weighted by Gasteiger charge is -2.19. The lowest BCUT2D eigenvalue weighted by Crippen LogP contribution is -2.44. The summed E-state index contributed by atoms with van der Waals surface area (Å²) < 4.78 is 21.8. The van der Waals surface area contributed by atoms with Gasteiger partial charge in [0.1, 0.15) is 6.04 Å². The molecule has 0 heterocycles. The third-order valence-electron chi connectivity index (χ3n) is 6.88. The van der Waals surface area contributed by atoms with Crippen LogP contribution in [0.3, 0.4) is 0 Å². The molecule has 2 aromatic carbocycles. The van der Waals surface area contributed by atoms with E-state index in [4.69, 9.17) is 18.9 Å². The molecule has 0 bridgehead atoms. The highest BCUT2D eigenvalue weighted by Crippen LogP contribution is 2.50. The molecule has 0 radical (unpaired) electrons. The predicted molar refractivity (Wildman–Crippen MR) is 155 cm³/mol. The first kappa shape index (κ1) is 31.3. The Morgan fingerprint density at radius 1 is 1.00 bits per heavy atom. The fraction of sp³-hybridized carbons (Fsp3) is 0.467. The molecule has 1 aliphatic carbocycles. The predicted octanol–water partition coefficient (Wildman–Crippen LogP) is 2.98. The molecule has 3 rings (SSSR count). The number of fused-ring (bicyclic) bond motifs is 3. The van der Waals surface area contributed by atoms with Crippen LogP contribution in [0.15, 0.2) is 29.1 Å². The molecule has 0 fully saturated rings. The minimum absolute atomic E-state index is 0.152. The largest absolute Gasteiger partial charge is 0.493 e. The van der Waals surface area contributed by atoms with E-state index >= 15 is 0 Å². The standard InChI is InChI=1S/C30H39N3O8/c1-16(2)12-23(30(37)41-7)33-26(36)15-31-22-11-9-19-20(14-24(22)35)21(32-17(3)34)10-8-18-13-25(38-4)28(39-5)29(40-6)27(18)19/h9,11,13-14,16,21,23H,8,10,12,15H2,1-7H3,(H,31,35)(H,32,34)(H,33,36)/t21-,23-/m0/s1. The highest BCUT2D eigenvalue weighted by molar-refractivity contribution is 5.87. The maximum absolute atomic E-state index is 13.4. The van der Waals surface area contributed by atoms with Crippen molar-refractivity contribution in [3.63, 3.8) is 0 Å². The molecule has 2 aromatic rings. The van der Waals surface area contributed by atoms with E-state index in [1.165, 1.54) is 34.3 Å². The van der Waals surface area contributed by atoms with Crippen molar-refractivity contribution in [2.75, 3.05) is 40.3 Å². The number of methoxy groups -OCH3 is 4. The second kappa shape index (κ2) is 13.9. The van der Waals surface area contributed by atoms with Gasteiger partial charge in [-0.1, -0.05) is 19.9 Å². The first-order valence-corrected chi connectivity index (χ1v) is 13.4. The minimum atomic E-state index is -0.793. The van der Waals surface area contributed by atoms with Gasteiger partial charge in [0.15, 0.2) is 11.5 Å². The summed E-state index contributed by atoms with van der Waals surface area (Å²) in [6.45, 7) is 5.06. The van der Waals surface area contributed by atoms with Crippen molar-refractivity contribution < 1.29 is 33.3 Å². The topological polar surface area (TPSA) is 141 Å². The van der Waals surface area contributed by atoms with Gasteiger partial charge < -0.3 is 34.9 Å². The number of benzene rings is 1. The Labute approximate surface area is 239 Å². The van der Waals surface area contributed by atoms with Crippen molar-refractivity contribution >= 4 is 23.5 Å². The summed E-state index contributed by atoms with van der Waals surface area (Å²) in [5.74, 6) is 0.275. The van der Waals surface area contributed by atoms with Crippen molar-refractivity contribution in [1.29, 1.82) is 0 Å². The fourth-order valence-electron chi connectivity index (χ4n) is 5.10. The second-order valence-electron chi connectivity index (χ2n) is 10.2. The highest BCUT2D eigenvalue weighted by Gasteiger charge is 2.29. The third-order valence-corrected chi connectivity index (χ3v) is 6.88. The monoisotopic (exact) mass is 569 g/mol. The molecule has 2 amide bonds. The number of ether oxygens (including phenoxy) is 4. The molecule has 0 unspecified atom stereocenters. The Bertz CT molecular complexity index is 1360. The number of hydrogen-bond donors (Lipinski definition) is 3. The number of carbonyl (C=O) groups is 3. The quantitative estimate of drug-likeness (QED) is 0.348. The fourth-order valence-corrected chi connectivity index (χ4v) is 5.10. The van der Waals surface area contributed by atoms with E-state index in [-0.39, 0.29) is 29.5 Å². The van der Waals surface area contributed by atoms with E-state index in [2.05, 4.69) is 16.0 Å². The summed E-state index contributed by atoms with van der Waals surface area (Å²) in [4.78, 5) is 50.3. The van der Waals surface area contributed by atoms with Crippen LogP contribution >= 0.6 is 0 Å². The lowest BCUT2D eigenvalue weighted by atomic mass is 9.95. The van der Waals surface area contributed by atoms with E-state index < -0.39 is 24.0 Å². The molecular weight excluding hydrogens is 530 g/mol. The van der Waals surface area contributed by atoms with Crippen molar-refractivity contribution in [3.8, 4) is 28.4 Å². The normalized spacial score (nSPS) is 14.5. The first-order chi connectivity index (χ1) is 19.5. The molecule has 41 heavy (non-hydrogen) atoms. The van der Waals surface area contributed by atoms with Crippen LogP contribution in [0.1, 0.15) is 50.8 Å². The summed E-state index contributed by atoms with van der Waals surface area (Å²) in [5.41, 5.74) is 2.71. The molecule has 0 saturated heterocycles. The zero-order valence-electron chi connectivity index (χ0n) is 24.6. The van der Waals surface area contributed by atoms with Crippen molar-refractivity contribution in [2.24, 2.45) is 5.92 Å². The van der Waals surface area contributed by atoms with E-state index in [1.54, 1.807) is 19.2 Å². The minimum Gasteiger partial charge on any atom is -0.493 e. The zero-order valence-corrected chi connectivity index (χ0v) is 24.6. The van der Waals surface area contributed by atoms with Gasteiger partial charge in [0, 0.05) is 12.5 Å². The SMILES string of the molecule is COC(=O)[C@H](CC(C)C)NC(=O)CNc1ccc2c(cc1=O)[C@@H](NC(C)=O)CCc1cc(OC)c(OC)c(OC)c1-2. The summed E-state index contributed by atoms with van der Waals surface area (Å²) in [6, 6.07) is 5.46. The van der Waals surface area contributed by atoms with E-state index in [9.17, 15) is 19.2 Å². The third kappa shape index (κ3) is 7.27. The molecular formula is C30H39N3O8. The number of anilines is 1. The van der Waals surface area contributed by atoms with E-state index in [0.717, 1.165) is 11.1 Å². The average molecular weight is 570 g/mol. The lowest BCUT2D eigenvalue weighted by molar-refractivity contribution is -0.145. The van der Waals surface area contributed by atoms with Crippen LogP contribution in [0.4, 0.5) is 5.69 Å². The molecule has 0 spiro atoms. The van der Waals surface area contributed by atoms with Crippen LogP contribution < -0.4 is 35.6 Å². The molecule has 0 aromatic heterocycles. The number of rotatable bonds is 11. The van der Waals surface area contributed by atoms with Crippen molar-refractivity contribution in [3.05, 3.63) is 45.6 Å². The molecule has 3 N–H and O–H groups in total. The van der Waals surface area contributed by atoms with Gasteiger partial charge in [-0.25, -0.2) is 4.79 Å². The van der Waals surface area contributed by atoms with Crippen LogP contribution in [0.5, 0.6) is 17.2 Å². The van der Waals surface area contributed by atoms with Gasteiger partial charge in [-0.05, 0) is 60.1 Å². The summed E-state index contributed by atoms with van der Waals surface area (Å²) in [6.07, 6.45) is 1.52.